The Morgan fingerprint density at radius 3 is 2.08 bits per heavy atom. The molecule has 2 aromatic rings. The average molecular weight is 393 g/mol. The summed E-state index contributed by atoms with van der Waals surface area (Å²) < 4.78 is 90.9. The van der Waals surface area contributed by atoms with Crippen LogP contribution in [0.1, 0.15) is 17.4 Å². The fourth-order valence-corrected chi connectivity index (χ4v) is 3.44. The van der Waals surface area contributed by atoms with Crippen molar-refractivity contribution < 1.29 is 35.5 Å². The van der Waals surface area contributed by atoms with Crippen molar-refractivity contribution in [3.63, 3.8) is 0 Å². The number of alkyl halides is 3. The molecule has 0 aliphatic heterocycles. The zero-order valence-electron chi connectivity index (χ0n) is 13.7. The fraction of sp³-hybridized carbons (Fsp3) is 0.250. The van der Waals surface area contributed by atoms with E-state index in [-0.39, 0.29) is 4.90 Å². The van der Waals surface area contributed by atoms with Gasteiger partial charge in [-0.05, 0) is 24.3 Å². The minimum Gasteiger partial charge on any atom is -0.352 e. The Hall–Kier alpha value is -2.17. The Bertz CT molecular complexity index is 866. The summed E-state index contributed by atoms with van der Waals surface area (Å²) in [5, 5.41) is 0. The van der Waals surface area contributed by atoms with E-state index in [0.29, 0.717) is 12.1 Å². The zero-order chi connectivity index (χ0) is 19.5. The predicted molar refractivity (Wildman–Crippen MR) is 85.4 cm³/mol. The summed E-state index contributed by atoms with van der Waals surface area (Å²) in [5.41, 5.74) is -3.31. The second kappa shape index (κ2) is 7.60. The van der Waals surface area contributed by atoms with Crippen molar-refractivity contribution in [1.82, 2.24) is 0 Å². The number of nitrogens with one attached hydrogen (secondary N) is 1. The highest BCUT2D eigenvalue weighted by Gasteiger charge is 2.41. The first-order valence-corrected chi connectivity index (χ1v) is 8.63. The molecule has 2 aromatic carbocycles. The molecule has 0 spiro atoms. The Morgan fingerprint density at radius 2 is 1.58 bits per heavy atom. The third-order valence-electron chi connectivity index (χ3n) is 3.44. The highest BCUT2D eigenvalue weighted by atomic mass is 32.2. The molecule has 0 saturated heterocycles. The van der Waals surface area contributed by atoms with Gasteiger partial charge in [-0.1, -0.05) is 18.2 Å². The highest BCUT2D eigenvalue weighted by molar-refractivity contribution is 7.92. The van der Waals surface area contributed by atoms with Crippen LogP contribution in [0, 0.1) is 5.82 Å². The van der Waals surface area contributed by atoms with Crippen LogP contribution in [-0.2, 0) is 25.7 Å². The molecule has 0 aliphatic rings. The van der Waals surface area contributed by atoms with Crippen LogP contribution in [0.3, 0.4) is 0 Å². The molecule has 0 atom stereocenters. The Labute approximate surface area is 147 Å². The Kier molecular flexibility index (Phi) is 5.89. The molecule has 10 heteroatoms. The van der Waals surface area contributed by atoms with Crippen molar-refractivity contribution in [2.45, 2.75) is 17.4 Å². The second-order valence-electron chi connectivity index (χ2n) is 5.10. The highest BCUT2D eigenvalue weighted by Crippen LogP contribution is 2.42. The molecule has 0 radical (unpaired) electrons. The van der Waals surface area contributed by atoms with Gasteiger partial charge >= 0.3 is 6.18 Å². The summed E-state index contributed by atoms with van der Waals surface area (Å²) in [7, 11) is -2.25. The van der Waals surface area contributed by atoms with Gasteiger partial charge in [-0.15, -0.1) is 0 Å². The van der Waals surface area contributed by atoms with E-state index in [0.717, 1.165) is 14.2 Å². The molecule has 5 nitrogen and oxygen atoms in total. The molecule has 0 fully saturated rings. The van der Waals surface area contributed by atoms with Gasteiger partial charge in [0.25, 0.3) is 10.0 Å². The van der Waals surface area contributed by atoms with Gasteiger partial charge in [0.15, 0.2) is 6.29 Å². The number of hydrogen-bond donors (Lipinski definition) is 1. The van der Waals surface area contributed by atoms with E-state index < -0.39 is 45.1 Å². The van der Waals surface area contributed by atoms with E-state index in [1.807, 2.05) is 4.72 Å². The van der Waals surface area contributed by atoms with Crippen LogP contribution >= 0.6 is 0 Å². The van der Waals surface area contributed by atoms with E-state index >= 15 is 0 Å². The molecule has 0 saturated carbocycles. The van der Waals surface area contributed by atoms with Gasteiger partial charge in [0.05, 0.1) is 21.7 Å². The summed E-state index contributed by atoms with van der Waals surface area (Å²) in [6.07, 6.45) is -6.74. The van der Waals surface area contributed by atoms with Gasteiger partial charge in [0, 0.05) is 14.2 Å². The van der Waals surface area contributed by atoms with Crippen LogP contribution in [-0.4, -0.2) is 22.6 Å². The number of benzene rings is 2. The lowest BCUT2D eigenvalue weighted by molar-refractivity contribution is -0.148. The van der Waals surface area contributed by atoms with Crippen molar-refractivity contribution in [3.05, 3.63) is 59.4 Å². The van der Waals surface area contributed by atoms with E-state index in [2.05, 4.69) is 0 Å². The largest absolute Gasteiger partial charge is 0.418 e. The molecular formula is C16H15F4NO4S. The minimum absolute atomic E-state index is 0.242. The molecule has 0 aromatic heterocycles. The Morgan fingerprint density at radius 1 is 1.00 bits per heavy atom. The number of sulfonamides is 1. The van der Waals surface area contributed by atoms with Gasteiger partial charge in [0.2, 0.25) is 0 Å². The van der Waals surface area contributed by atoms with Crippen molar-refractivity contribution in [2.75, 3.05) is 18.9 Å². The number of methoxy groups -OCH3 is 2. The predicted octanol–water partition coefficient (Wildman–Crippen LogP) is 3.94. The Balaban J connectivity index is 2.65. The van der Waals surface area contributed by atoms with E-state index in [1.54, 1.807) is 6.07 Å². The van der Waals surface area contributed by atoms with Crippen molar-refractivity contribution in [3.8, 4) is 0 Å². The van der Waals surface area contributed by atoms with Crippen LogP contribution in [0.4, 0.5) is 23.2 Å². The molecule has 0 amide bonds. The van der Waals surface area contributed by atoms with Crippen molar-refractivity contribution in [2.24, 2.45) is 0 Å². The first-order valence-electron chi connectivity index (χ1n) is 7.15. The van der Waals surface area contributed by atoms with Crippen LogP contribution < -0.4 is 4.72 Å². The van der Waals surface area contributed by atoms with Crippen LogP contribution in [0.15, 0.2) is 47.4 Å². The number of anilines is 1. The molecule has 0 unspecified atom stereocenters. The lowest BCUT2D eigenvalue weighted by Crippen LogP contribution is -2.21. The van der Waals surface area contributed by atoms with Gasteiger partial charge in [0.1, 0.15) is 5.82 Å². The molecule has 0 bridgehead atoms. The van der Waals surface area contributed by atoms with E-state index in [1.165, 1.54) is 24.3 Å². The number of rotatable bonds is 6. The molecule has 0 aliphatic carbocycles. The maximum atomic E-state index is 14.1. The maximum Gasteiger partial charge on any atom is 0.418 e. The second-order valence-corrected chi connectivity index (χ2v) is 6.79. The third-order valence-corrected chi connectivity index (χ3v) is 4.82. The van der Waals surface area contributed by atoms with E-state index in [9.17, 15) is 26.0 Å². The van der Waals surface area contributed by atoms with Crippen LogP contribution in [0.5, 0.6) is 0 Å². The molecule has 0 heterocycles. The van der Waals surface area contributed by atoms with Gasteiger partial charge in [-0.25, -0.2) is 12.8 Å². The van der Waals surface area contributed by atoms with E-state index in [4.69, 9.17) is 9.47 Å². The molecule has 1 N–H and O–H groups in total. The van der Waals surface area contributed by atoms with Crippen LogP contribution in [0.25, 0.3) is 0 Å². The first-order chi connectivity index (χ1) is 12.1. The van der Waals surface area contributed by atoms with Crippen LogP contribution in [0.2, 0.25) is 0 Å². The number of hydrogen-bond acceptors (Lipinski definition) is 4. The molecule has 2 rings (SSSR count). The summed E-state index contributed by atoms with van der Waals surface area (Å²) in [6, 6.07) is 8.23. The first kappa shape index (κ1) is 20.1. The quantitative estimate of drug-likeness (QED) is 0.597. The smallest absolute Gasteiger partial charge is 0.352 e. The number of halogens is 4. The lowest BCUT2D eigenvalue weighted by atomic mass is 10.0. The third kappa shape index (κ3) is 4.14. The van der Waals surface area contributed by atoms with Crippen molar-refractivity contribution >= 4 is 15.7 Å². The topological polar surface area (TPSA) is 64.6 Å². The summed E-state index contributed by atoms with van der Waals surface area (Å²) in [5.74, 6) is -1.24. The number of ether oxygens (including phenoxy) is 2. The zero-order valence-corrected chi connectivity index (χ0v) is 14.5. The molecule has 26 heavy (non-hydrogen) atoms. The summed E-state index contributed by atoms with van der Waals surface area (Å²) in [6.45, 7) is 0. The minimum atomic E-state index is -5.07. The van der Waals surface area contributed by atoms with Crippen molar-refractivity contribution in [1.29, 1.82) is 0 Å². The van der Waals surface area contributed by atoms with Gasteiger partial charge in [-0.3, -0.25) is 4.72 Å². The fourth-order valence-electron chi connectivity index (χ4n) is 2.35. The SMILES string of the molecule is COC(OC)c1c(F)ccc(NS(=O)(=O)c2ccccc2)c1C(F)(F)F. The lowest BCUT2D eigenvalue weighted by Gasteiger charge is -2.23. The standard InChI is InChI=1S/C16H15F4NO4S/c1-24-15(25-2)13-11(17)8-9-12(14(13)16(18,19)20)21-26(22,23)10-6-4-3-5-7-10/h3-9,15,21H,1-2H3. The molecule has 142 valence electrons. The average Bonchev–Trinajstić information content (AvgIpc) is 2.58. The normalized spacial score (nSPS) is 12.4. The van der Waals surface area contributed by atoms with Gasteiger partial charge < -0.3 is 9.47 Å². The monoisotopic (exact) mass is 393 g/mol. The summed E-state index contributed by atoms with van der Waals surface area (Å²) >= 11 is 0. The molecular weight excluding hydrogens is 378 g/mol. The summed E-state index contributed by atoms with van der Waals surface area (Å²) in [4.78, 5) is -0.242. The maximum absolute atomic E-state index is 14.1. The van der Waals surface area contributed by atoms with Gasteiger partial charge in [-0.2, -0.15) is 13.2 Å².